The minimum atomic E-state index is -0.547. The van der Waals surface area contributed by atoms with Crippen molar-refractivity contribution in [1.82, 2.24) is 4.90 Å². The van der Waals surface area contributed by atoms with E-state index < -0.39 is 8.80 Å². The molecule has 0 N–H and O–H groups in total. The van der Waals surface area contributed by atoms with E-state index >= 15 is 0 Å². The Hall–Kier alpha value is -0.243. The Kier molecular flexibility index (Phi) is 9.16. The van der Waals surface area contributed by atoms with Crippen LogP contribution < -0.4 is 0 Å². The van der Waals surface area contributed by atoms with E-state index in [0.29, 0.717) is 0 Å². The van der Waals surface area contributed by atoms with Crippen molar-refractivity contribution in [2.75, 3.05) is 14.1 Å². The average Bonchev–Trinajstić information content (AvgIpc) is 2.16. The molecule has 14 heavy (non-hydrogen) atoms. The minimum absolute atomic E-state index is 0.547. The van der Waals surface area contributed by atoms with Gasteiger partial charge in [-0.05, 0) is 6.20 Å². The van der Waals surface area contributed by atoms with Crippen LogP contribution in [0.2, 0.25) is 12.1 Å². The molecule has 0 saturated heterocycles. The molecule has 0 aliphatic heterocycles. The van der Waals surface area contributed by atoms with Gasteiger partial charge in [-0.1, -0.05) is 57.3 Å². The fourth-order valence-corrected chi connectivity index (χ4v) is 4.69. The number of hydrogen-bond acceptors (Lipinski definition) is 1. The van der Waals surface area contributed by atoms with Crippen LogP contribution in [0.5, 0.6) is 0 Å². The highest BCUT2D eigenvalue weighted by molar-refractivity contribution is 6.64. The first kappa shape index (κ1) is 13.8. The van der Waals surface area contributed by atoms with Gasteiger partial charge in [0.25, 0.3) is 0 Å². The Bertz CT molecular complexity index is 135. The van der Waals surface area contributed by atoms with Gasteiger partial charge in [0.15, 0.2) is 0 Å². The summed E-state index contributed by atoms with van der Waals surface area (Å²) in [4.78, 5) is 2.16. The zero-order chi connectivity index (χ0) is 10.8. The average molecular weight is 213 g/mol. The van der Waals surface area contributed by atoms with Gasteiger partial charge in [0.05, 0.1) is 8.80 Å². The molecule has 84 valence electrons. The fourth-order valence-electron chi connectivity index (χ4n) is 1.56. The molecule has 0 bridgehead atoms. The van der Waals surface area contributed by atoms with Crippen molar-refractivity contribution in [3.63, 3.8) is 0 Å². The van der Waals surface area contributed by atoms with Crippen molar-refractivity contribution in [3.8, 4) is 0 Å². The molecular weight excluding hydrogens is 186 g/mol. The Morgan fingerprint density at radius 3 is 1.86 bits per heavy atom. The molecule has 0 saturated carbocycles. The smallest absolute Gasteiger partial charge is 0.0634 e. The van der Waals surface area contributed by atoms with Gasteiger partial charge in [0, 0.05) is 14.1 Å². The molecule has 0 heterocycles. The molecule has 2 heteroatoms. The lowest BCUT2D eigenvalue weighted by atomic mass is 10.4. The summed E-state index contributed by atoms with van der Waals surface area (Å²) < 4.78 is 0. The lowest BCUT2D eigenvalue weighted by molar-refractivity contribution is 0.564. The molecule has 0 atom stereocenters. The van der Waals surface area contributed by atoms with Crippen molar-refractivity contribution in [2.45, 2.75) is 51.6 Å². The summed E-state index contributed by atoms with van der Waals surface area (Å²) in [5.74, 6) is 0. The molecule has 0 amide bonds. The molecule has 0 aliphatic carbocycles. The molecule has 0 radical (unpaired) electrons. The van der Waals surface area contributed by atoms with Crippen LogP contribution in [0.4, 0.5) is 0 Å². The third-order valence-electron chi connectivity index (χ3n) is 2.51. The van der Waals surface area contributed by atoms with E-state index in [4.69, 9.17) is 0 Å². The van der Waals surface area contributed by atoms with Crippen molar-refractivity contribution in [2.24, 2.45) is 0 Å². The van der Waals surface area contributed by atoms with Gasteiger partial charge < -0.3 is 4.90 Å². The van der Waals surface area contributed by atoms with Crippen molar-refractivity contribution in [3.05, 3.63) is 11.9 Å². The van der Waals surface area contributed by atoms with Gasteiger partial charge in [0.1, 0.15) is 0 Å². The summed E-state index contributed by atoms with van der Waals surface area (Å²) >= 11 is 0. The first-order valence-corrected chi connectivity index (χ1v) is 8.35. The maximum Gasteiger partial charge on any atom is 0.0634 e. The number of rotatable bonds is 8. The maximum absolute atomic E-state index is 2.52. The van der Waals surface area contributed by atoms with E-state index in [0.717, 1.165) is 0 Å². The predicted octanol–water partition coefficient (Wildman–Crippen LogP) is 3.43. The first-order valence-electron chi connectivity index (χ1n) is 6.05. The van der Waals surface area contributed by atoms with Crippen LogP contribution >= 0.6 is 0 Å². The predicted molar refractivity (Wildman–Crippen MR) is 69.4 cm³/mol. The molecule has 0 rings (SSSR count). The second-order valence-corrected chi connectivity index (χ2v) is 7.41. The van der Waals surface area contributed by atoms with E-state index in [-0.39, 0.29) is 0 Å². The molecule has 1 nitrogen and oxygen atoms in total. The summed E-state index contributed by atoms with van der Waals surface area (Å²) in [7, 11) is 3.68. The highest BCUT2D eigenvalue weighted by atomic mass is 28.3. The standard InChI is InChI=1S/C12H27NSi/c1-5-7-10-14(11-8-6-2)12-9-13(3)4/h9,12,14H,5-8,10-11H2,1-4H3. The Labute approximate surface area is 91.8 Å². The third-order valence-corrected chi connectivity index (χ3v) is 5.53. The lowest BCUT2D eigenvalue weighted by Gasteiger charge is -2.11. The highest BCUT2D eigenvalue weighted by Gasteiger charge is 2.05. The Morgan fingerprint density at radius 2 is 1.50 bits per heavy atom. The van der Waals surface area contributed by atoms with Crippen LogP contribution in [0, 0.1) is 0 Å². The molecule has 0 aromatic carbocycles. The summed E-state index contributed by atoms with van der Waals surface area (Å²) in [5.41, 5.74) is 2.52. The minimum Gasteiger partial charge on any atom is -0.384 e. The monoisotopic (exact) mass is 213 g/mol. The van der Waals surface area contributed by atoms with Crippen LogP contribution in [0.1, 0.15) is 39.5 Å². The summed E-state index contributed by atoms with van der Waals surface area (Å²) in [6.45, 7) is 4.59. The van der Waals surface area contributed by atoms with E-state index in [1.165, 1.54) is 37.8 Å². The zero-order valence-electron chi connectivity index (χ0n) is 10.4. The van der Waals surface area contributed by atoms with E-state index in [9.17, 15) is 0 Å². The molecule has 0 spiro atoms. The van der Waals surface area contributed by atoms with Crippen LogP contribution in [0.3, 0.4) is 0 Å². The van der Waals surface area contributed by atoms with Gasteiger partial charge >= 0.3 is 0 Å². The largest absolute Gasteiger partial charge is 0.384 e. The fraction of sp³-hybridized carbons (Fsp3) is 0.833. The van der Waals surface area contributed by atoms with Crippen LogP contribution in [0.25, 0.3) is 0 Å². The van der Waals surface area contributed by atoms with Gasteiger partial charge in [-0.25, -0.2) is 0 Å². The Balaban J connectivity index is 3.83. The lowest BCUT2D eigenvalue weighted by Crippen LogP contribution is -2.11. The third kappa shape index (κ3) is 8.36. The molecule has 0 unspecified atom stereocenters. The summed E-state index contributed by atoms with van der Waals surface area (Å²) in [5, 5.41) is 0. The molecule has 0 fully saturated rings. The zero-order valence-corrected chi connectivity index (χ0v) is 11.6. The highest BCUT2D eigenvalue weighted by Crippen LogP contribution is 2.11. The van der Waals surface area contributed by atoms with Crippen LogP contribution in [0.15, 0.2) is 11.9 Å². The SMILES string of the molecule is CCCC[SiH](C=CN(C)C)CCCC. The topological polar surface area (TPSA) is 3.24 Å². The maximum atomic E-state index is 2.52. The molecule has 0 aromatic heterocycles. The number of nitrogens with zero attached hydrogens (tertiary/aromatic N) is 1. The van der Waals surface area contributed by atoms with Crippen molar-refractivity contribution < 1.29 is 0 Å². The number of unbranched alkanes of at least 4 members (excludes halogenated alkanes) is 2. The second kappa shape index (κ2) is 9.32. The van der Waals surface area contributed by atoms with Gasteiger partial charge in [0.2, 0.25) is 0 Å². The summed E-state index contributed by atoms with van der Waals surface area (Å²) in [6, 6.07) is 3.00. The molecule has 0 aromatic rings. The molecule has 0 aliphatic rings. The second-order valence-electron chi connectivity index (χ2n) is 4.35. The van der Waals surface area contributed by atoms with Crippen LogP contribution in [-0.2, 0) is 0 Å². The van der Waals surface area contributed by atoms with Crippen molar-refractivity contribution >= 4 is 8.80 Å². The van der Waals surface area contributed by atoms with Gasteiger partial charge in [-0.15, -0.1) is 0 Å². The van der Waals surface area contributed by atoms with Crippen molar-refractivity contribution in [1.29, 1.82) is 0 Å². The van der Waals surface area contributed by atoms with Gasteiger partial charge in [-0.2, -0.15) is 0 Å². The Morgan fingerprint density at radius 1 is 1.00 bits per heavy atom. The first-order chi connectivity index (χ1) is 6.70. The molecular formula is C12H27NSi. The summed E-state index contributed by atoms with van der Waals surface area (Å²) in [6.07, 6.45) is 7.83. The quantitative estimate of drug-likeness (QED) is 0.558. The van der Waals surface area contributed by atoms with Gasteiger partial charge in [-0.3, -0.25) is 0 Å². The van der Waals surface area contributed by atoms with E-state index in [2.05, 4.69) is 44.7 Å². The van der Waals surface area contributed by atoms with E-state index in [1.807, 2.05) is 0 Å². The van der Waals surface area contributed by atoms with E-state index in [1.54, 1.807) is 0 Å². The normalized spacial score (nSPS) is 11.5. The van der Waals surface area contributed by atoms with Crippen LogP contribution in [-0.4, -0.2) is 27.8 Å². The number of hydrogen-bond donors (Lipinski definition) is 0.